The summed E-state index contributed by atoms with van der Waals surface area (Å²) in [5.74, 6) is -0.807. The molecular formula is C16H25NO6. The molecule has 3 N–H and O–H groups in total. The summed E-state index contributed by atoms with van der Waals surface area (Å²) in [6.45, 7) is 3.20. The Labute approximate surface area is 136 Å². The minimum Gasteiger partial charge on any atom is -0.467 e. The first-order valence-corrected chi connectivity index (χ1v) is 7.55. The Hall–Kier alpha value is -1.70. The summed E-state index contributed by atoms with van der Waals surface area (Å²) in [6.07, 6.45) is 5.28. The van der Waals surface area contributed by atoms with E-state index >= 15 is 0 Å². The SMILES string of the molecule is COC(=O)[C@H](C)NC(=O)C/C=C/[C@@H](C)[C@@H]1C=C[C@H](O)[C@@H](CO)O1. The zero-order valence-electron chi connectivity index (χ0n) is 13.6. The highest BCUT2D eigenvalue weighted by Gasteiger charge is 2.27. The van der Waals surface area contributed by atoms with Crippen LogP contribution in [0, 0.1) is 5.92 Å². The van der Waals surface area contributed by atoms with Crippen molar-refractivity contribution < 1.29 is 29.3 Å². The molecule has 0 unspecified atom stereocenters. The van der Waals surface area contributed by atoms with Gasteiger partial charge in [0.2, 0.25) is 5.91 Å². The number of hydrogen-bond acceptors (Lipinski definition) is 6. The third-order valence-electron chi connectivity index (χ3n) is 3.58. The average Bonchev–Trinajstić information content (AvgIpc) is 2.54. The van der Waals surface area contributed by atoms with Gasteiger partial charge < -0.3 is 25.0 Å². The fourth-order valence-corrected chi connectivity index (χ4v) is 2.16. The Morgan fingerprint density at radius 2 is 2.09 bits per heavy atom. The van der Waals surface area contributed by atoms with Crippen LogP contribution in [-0.2, 0) is 19.1 Å². The molecule has 1 amide bonds. The molecule has 1 aliphatic rings. The van der Waals surface area contributed by atoms with E-state index in [0.717, 1.165) is 0 Å². The van der Waals surface area contributed by atoms with Gasteiger partial charge in [0.1, 0.15) is 18.2 Å². The maximum Gasteiger partial charge on any atom is 0.328 e. The molecule has 0 saturated heterocycles. The Kier molecular flexibility index (Phi) is 7.94. The normalized spacial score (nSPS) is 26.7. The van der Waals surface area contributed by atoms with Gasteiger partial charge in [-0.2, -0.15) is 0 Å². The maximum absolute atomic E-state index is 11.7. The molecule has 1 rings (SSSR count). The van der Waals surface area contributed by atoms with Crippen LogP contribution < -0.4 is 5.32 Å². The van der Waals surface area contributed by atoms with Crippen molar-refractivity contribution in [2.75, 3.05) is 13.7 Å². The predicted molar refractivity (Wildman–Crippen MR) is 83.4 cm³/mol. The van der Waals surface area contributed by atoms with Crippen molar-refractivity contribution in [3.63, 3.8) is 0 Å². The molecule has 0 radical (unpaired) electrons. The quantitative estimate of drug-likeness (QED) is 0.446. The zero-order valence-corrected chi connectivity index (χ0v) is 13.6. The van der Waals surface area contributed by atoms with E-state index in [0.29, 0.717) is 0 Å². The Morgan fingerprint density at radius 1 is 1.39 bits per heavy atom. The number of nitrogens with one attached hydrogen (secondary N) is 1. The van der Waals surface area contributed by atoms with Crippen LogP contribution in [0.5, 0.6) is 0 Å². The monoisotopic (exact) mass is 327 g/mol. The molecule has 0 aromatic heterocycles. The lowest BCUT2D eigenvalue weighted by Gasteiger charge is -2.30. The van der Waals surface area contributed by atoms with Gasteiger partial charge >= 0.3 is 5.97 Å². The first kappa shape index (κ1) is 19.3. The summed E-state index contributed by atoms with van der Waals surface area (Å²) in [7, 11) is 1.26. The summed E-state index contributed by atoms with van der Waals surface area (Å²) in [5.41, 5.74) is 0. The third kappa shape index (κ3) is 6.13. The number of methoxy groups -OCH3 is 1. The summed E-state index contributed by atoms with van der Waals surface area (Å²) in [4.78, 5) is 22.9. The van der Waals surface area contributed by atoms with E-state index in [9.17, 15) is 14.7 Å². The Morgan fingerprint density at radius 3 is 2.70 bits per heavy atom. The van der Waals surface area contributed by atoms with E-state index in [1.807, 2.05) is 13.0 Å². The van der Waals surface area contributed by atoms with Gasteiger partial charge in [0.25, 0.3) is 0 Å². The standard InChI is InChI=1S/C16H25NO6/c1-10(13-8-7-12(19)14(9-18)23-13)5-4-6-15(20)17-11(2)16(21)22-3/h4-5,7-8,10-14,18-19H,6,9H2,1-3H3,(H,17,20)/b5-4+/t10-,11+,12+,13+,14-/m1/s1. The number of hydrogen-bond donors (Lipinski definition) is 3. The van der Waals surface area contributed by atoms with Crippen LogP contribution >= 0.6 is 0 Å². The number of aliphatic hydroxyl groups excluding tert-OH is 2. The zero-order chi connectivity index (χ0) is 17.4. The Balaban J connectivity index is 2.43. The molecule has 23 heavy (non-hydrogen) atoms. The van der Waals surface area contributed by atoms with Crippen LogP contribution in [0.2, 0.25) is 0 Å². The minimum absolute atomic E-state index is 0.0290. The van der Waals surface area contributed by atoms with Crippen molar-refractivity contribution in [1.29, 1.82) is 0 Å². The molecule has 0 bridgehead atoms. The fraction of sp³-hybridized carbons (Fsp3) is 0.625. The van der Waals surface area contributed by atoms with Crippen LogP contribution in [0.25, 0.3) is 0 Å². The van der Waals surface area contributed by atoms with Crippen molar-refractivity contribution in [3.05, 3.63) is 24.3 Å². The molecule has 0 aromatic rings. The van der Waals surface area contributed by atoms with Gasteiger partial charge in [0.05, 0.1) is 19.8 Å². The van der Waals surface area contributed by atoms with Gasteiger partial charge in [-0.25, -0.2) is 4.79 Å². The minimum atomic E-state index is -0.807. The predicted octanol–water partition coefficient (Wildman–Crippen LogP) is -0.0767. The molecule has 0 saturated carbocycles. The molecule has 130 valence electrons. The van der Waals surface area contributed by atoms with Crippen LogP contribution in [-0.4, -0.2) is 60.2 Å². The largest absolute Gasteiger partial charge is 0.467 e. The molecule has 0 fully saturated rings. The molecule has 1 aliphatic heterocycles. The second kappa shape index (κ2) is 9.44. The van der Waals surface area contributed by atoms with E-state index in [-0.39, 0.29) is 31.0 Å². The second-order valence-corrected chi connectivity index (χ2v) is 5.50. The Bertz CT molecular complexity index is 461. The van der Waals surface area contributed by atoms with E-state index in [2.05, 4.69) is 10.1 Å². The van der Waals surface area contributed by atoms with Gasteiger partial charge in [-0.05, 0) is 6.92 Å². The highest BCUT2D eigenvalue weighted by molar-refractivity contribution is 5.84. The number of carbonyl (C=O) groups excluding carboxylic acids is 2. The molecule has 5 atom stereocenters. The van der Waals surface area contributed by atoms with Gasteiger partial charge in [-0.15, -0.1) is 0 Å². The van der Waals surface area contributed by atoms with Crippen molar-refractivity contribution >= 4 is 11.9 Å². The van der Waals surface area contributed by atoms with E-state index in [1.165, 1.54) is 7.11 Å². The van der Waals surface area contributed by atoms with E-state index < -0.39 is 24.2 Å². The van der Waals surface area contributed by atoms with Gasteiger partial charge in [0, 0.05) is 12.3 Å². The number of aliphatic hydroxyl groups is 2. The van der Waals surface area contributed by atoms with Crippen LogP contribution in [0.3, 0.4) is 0 Å². The van der Waals surface area contributed by atoms with Crippen LogP contribution in [0.4, 0.5) is 0 Å². The molecule has 7 heteroatoms. The lowest BCUT2D eigenvalue weighted by Crippen LogP contribution is -2.39. The number of amides is 1. The summed E-state index contributed by atoms with van der Waals surface area (Å²) < 4.78 is 10.1. The lowest BCUT2D eigenvalue weighted by molar-refractivity contribution is -0.144. The molecule has 7 nitrogen and oxygen atoms in total. The molecular weight excluding hydrogens is 302 g/mol. The number of ether oxygens (including phenoxy) is 2. The molecule has 1 heterocycles. The summed E-state index contributed by atoms with van der Waals surface area (Å²) in [5, 5.41) is 21.2. The number of carbonyl (C=O) groups is 2. The van der Waals surface area contributed by atoms with Crippen molar-refractivity contribution in [3.8, 4) is 0 Å². The fourth-order valence-electron chi connectivity index (χ4n) is 2.16. The van der Waals surface area contributed by atoms with Gasteiger partial charge in [0.15, 0.2) is 0 Å². The third-order valence-corrected chi connectivity index (χ3v) is 3.58. The number of esters is 1. The first-order valence-electron chi connectivity index (χ1n) is 7.55. The van der Waals surface area contributed by atoms with Crippen LogP contribution in [0.15, 0.2) is 24.3 Å². The number of rotatable bonds is 7. The molecule has 0 aromatic carbocycles. The summed E-state index contributed by atoms with van der Waals surface area (Å²) in [6, 6.07) is -0.685. The van der Waals surface area contributed by atoms with Gasteiger partial charge in [-0.3, -0.25) is 4.79 Å². The molecule has 0 spiro atoms. The van der Waals surface area contributed by atoms with Gasteiger partial charge in [-0.1, -0.05) is 31.2 Å². The first-order chi connectivity index (χ1) is 10.9. The topological polar surface area (TPSA) is 105 Å². The maximum atomic E-state index is 11.7. The highest BCUT2D eigenvalue weighted by Crippen LogP contribution is 2.20. The second-order valence-electron chi connectivity index (χ2n) is 5.50. The molecule has 0 aliphatic carbocycles. The smallest absolute Gasteiger partial charge is 0.328 e. The average molecular weight is 327 g/mol. The summed E-state index contributed by atoms with van der Waals surface area (Å²) >= 11 is 0. The van der Waals surface area contributed by atoms with E-state index in [4.69, 9.17) is 9.84 Å². The highest BCUT2D eigenvalue weighted by atomic mass is 16.5. The van der Waals surface area contributed by atoms with Crippen molar-refractivity contribution in [2.24, 2.45) is 5.92 Å². The van der Waals surface area contributed by atoms with E-state index in [1.54, 1.807) is 25.2 Å². The van der Waals surface area contributed by atoms with Crippen molar-refractivity contribution in [1.82, 2.24) is 5.32 Å². The van der Waals surface area contributed by atoms with Crippen LogP contribution in [0.1, 0.15) is 20.3 Å². The van der Waals surface area contributed by atoms with Crippen molar-refractivity contribution in [2.45, 2.75) is 44.6 Å². The lowest BCUT2D eigenvalue weighted by atomic mass is 9.99.